The zero-order valence-electron chi connectivity index (χ0n) is 15.2. The summed E-state index contributed by atoms with van der Waals surface area (Å²) >= 11 is 4.81. The minimum Gasteiger partial charge on any atom is -0.336 e. The minimum absolute atomic E-state index is 0.877. The van der Waals surface area contributed by atoms with Gasteiger partial charge in [0.25, 0.3) is 0 Å². The van der Waals surface area contributed by atoms with E-state index in [1.807, 2.05) is 11.3 Å². The molecule has 0 aliphatic heterocycles. The number of nitrogens with zero attached hydrogens (tertiary/aromatic N) is 1. The van der Waals surface area contributed by atoms with Crippen LogP contribution in [-0.2, 0) is 6.54 Å². The van der Waals surface area contributed by atoms with E-state index in [-0.39, 0.29) is 0 Å². The van der Waals surface area contributed by atoms with E-state index in [1.54, 1.807) is 0 Å². The van der Waals surface area contributed by atoms with Crippen LogP contribution in [0.3, 0.4) is 0 Å². The fourth-order valence-corrected chi connectivity index (χ4v) is 6.02. The van der Waals surface area contributed by atoms with Gasteiger partial charge in [0.1, 0.15) is 0 Å². The highest BCUT2D eigenvalue weighted by Crippen LogP contribution is 2.37. The van der Waals surface area contributed by atoms with Crippen LogP contribution in [0, 0.1) is 0 Å². The summed E-state index contributed by atoms with van der Waals surface area (Å²) in [5, 5.41) is 5.39. The largest absolute Gasteiger partial charge is 0.336 e. The van der Waals surface area contributed by atoms with Crippen molar-refractivity contribution in [2.75, 3.05) is 0 Å². The van der Waals surface area contributed by atoms with Crippen LogP contribution in [-0.4, -0.2) is 20.9 Å². The first-order chi connectivity index (χ1) is 13.8. The number of thiophene rings is 1. The summed E-state index contributed by atoms with van der Waals surface area (Å²) in [6, 6.07) is 30.8. The van der Waals surface area contributed by atoms with Gasteiger partial charge in [-0.3, -0.25) is 0 Å². The standard InChI is InChI=1S/C25H16NS.Al/c1-4-13-22-18(9-1)19-10-2-5-14-23(19)26(22)16-17-8-7-12-21-20-11-3-6-15-24(20)27-25(17)21;/h1-9,11-15H,16H2;. The number of rotatable bonds is 2. The first-order valence-corrected chi connectivity index (χ1v) is 10.9. The van der Waals surface area contributed by atoms with Crippen LogP contribution < -0.4 is 4.43 Å². The van der Waals surface area contributed by atoms with Gasteiger partial charge >= 0.3 is 0 Å². The highest BCUT2D eigenvalue weighted by molar-refractivity contribution is 7.26. The average molecular weight is 389 g/mol. The van der Waals surface area contributed by atoms with Gasteiger partial charge in [-0.05, 0) is 29.1 Å². The smallest absolute Gasteiger partial charge is 0.176 e. The maximum absolute atomic E-state index is 2.90. The molecule has 2 radical (unpaired) electrons. The van der Waals surface area contributed by atoms with Crippen molar-refractivity contribution in [3.8, 4) is 0 Å². The Morgan fingerprint density at radius 3 is 2.32 bits per heavy atom. The van der Waals surface area contributed by atoms with E-state index in [4.69, 9.17) is 0 Å². The third-order valence-corrected chi connectivity index (χ3v) is 7.39. The Bertz CT molecular complexity index is 1510. The molecule has 0 fully saturated rings. The zero-order chi connectivity index (χ0) is 18.7. The normalized spacial score (nSPS) is 11.9. The van der Waals surface area contributed by atoms with Crippen molar-refractivity contribution in [2.45, 2.75) is 6.54 Å². The molecule has 6 rings (SSSR count). The third-order valence-electron chi connectivity index (χ3n) is 5.64. The summed E-state index contributed by atoms with van der Waals surface area (Å²) in [4.78, 5) is 0. The Kier molecular flexibility index (Phi) is 3.64. The lowest BCUT2D eigenvalue weighted by Gasteiger charge is -2.09. The van der Waals surface area contributed by atoms with Crippen molar-refractivity contribution in [1.82, 2.24) is 4.57 Å². The molecule has 0 saturated heterocycles. The zero-order valence-corrected chi connectivity index (χ0v) is 17.2. The molecule has 0 amide bonds. The Balaban J connectivity index is 1.65. The number of hydrogen-bond donors (Lipinski definition) is 0. The Morgan fingerprint density at radius 2 is 1.39 bits per heavy atom. The number of para-hydroxylation sites is 1. The second kappa shape index (κ2) is 6.22. The van der Waals surface area contributed by atoms with Crippen molar-refractivity contribution < 1.29 is 0 Å². The van der Waals surface area contributed by atoms with Crippen molar-refractivity contribution in [2.24, 2.45) is 0 Å². The lowest BCUT2D eigenvalue weighted by Crippen LogP contribution is -2.04. The van der Waals surface area contributed by atoms with E-state index in [0.29, 0.717) is 0 Å². The molecule has 0 unspecified atom stereocenters. The maximum atomic E-state index is 2.90. The molecule has 0 spiro atoms. The monoisotopic (exact) mass is 389 g/mol. The van der Waals surface area contributed by atoms with Crippen molar-refractivity contribution in [3.63, 3.8) is 0 Å². The fraction of sp³-hybridized carbons (Fsp3) is 0.0400. The second-order valence-electron chi connectivity index (χ2n) is 7.24. The van der Waals surface area contributed by atoms with E-state index < -0.39 is 0 Å². The molecule has 2 heterocycles. The van der Waals surface area contributed by atoms with Gasteiger partial charge in [-0.15, -0.1) is 15.8 Å². The summed E-state index contributed by atoms with van der Waals surface area (Å²) in [6.45, 7) is 0.877. The van der Waals surface area contributed by atoms with E-state index in [9.17, 15) is 0 Å². The van der Waals surface area contributed by atoms with Crippen molar-refractivity contribution in [3.05, 3.63) is 90.5 Å². The van der Waals surface area contributed by atoms with Crippen LogP contribution in [0.15, 0.2) is 84.9 Å². The van der Waals surface area contributed by atoms with Gasteiger partial charge in [-0.25, -0.2) is 0 Å². The lowest BCUT2D eigenvalue weighted by atomic mass is 10.1. The second-order valence-corrected chi connectivity index (χ2v) is 8.91. The summed E-state index contributed by atoms with van der Waals surface area (Å²) in [6.07, 6.45) is 0. The average Bonchev–Trinajstić information content (AvgIpc) is 3.26. The van der Waals surface area contributed by atoms with Gasteiger partial charge in [-0.2, -0.15) is 0 Å². The fourth-order valence-electron chi connectivity index (χ4n) is 4.40. The van der Waals surface area contributed by atoms with E-state index in [1.165, 1.54) is 52.0 Å². The van der Waals surface area contributed by atoms with Gasteiger partial charge in [0, 0.05) is 43.1 Å². The van der Waals surface area contributed by atoms with Crippen molar-refractivity contribution >= 4 is 74.0 Å². The van der Waals surface area contributed by atoms with Crippen molar-refractivity contribution in [1.29, 1.82) is 0 Å². The van der Waals surface area contributed by atoms with E-state index in [2.05, 4.69) is 106 Å². The maximum Gasteiger partial charge on any atom is 0.176 e. The van der Waals surface area contributed by atoms with Gasteiger partial charge in [0.05, 0.1) is 0 Å². The van der Waals surface area contributed by atoms with Crippen LogP contribution >= 0.6 is 11.3 Å². The summed E-state index contributed by atoms with van der Waals surface area (Å²) in [5.74, 6) is 0. The first kappa shape index (κ1) is 16.4. The molecular formula is C25H16AlNS. The minimum atomic E-state index is 0.877. The molecule has 0 aliphatic rings. The molecule has 6 aromatic rings. The van der Waals surface area contributed by atoms with Crippen LogP contribution in [0.25, 0.3) is 42.0 Å². The SMILES string of the molecule is [Al][c]1cccc2c1c1ccccc1n2Cc1cccc2c1sc1ccccc12. The summed E-state index contributed by atoms with van der Waals surface area (Å²) in [7, 11) is 0. The van der Waals surface area contributed by atoms with Crippen LogP contribution in [0.5, 0.6) is 0 Å². The predicted octanol–water partition coefficient (Wildman–Crippen LogP) is 6.00. The first-order valence-electron chi connectivity index (χ1n) is 9.46. The van der Waals surface area contributed by atoms with Gasteiger partial charge in [-0.1, -0.05) is 66.7 Å². The molecule has 130 valence electrons. The van der Waals surface area contributed by atoms with Crippen LogP contribution in [0.4, 0.5) is 0 Å². The molecule has 2 aromatic heterocycles. The molecule has 0 bridgehead atoms. The van der Waals surface area contributed by atoms with Crippen LogP contribution in [0.1, 0.15) is 5.56 Å². The van der Waals surface area contributed by atoms with E-state index in [0.717, 1.165) is 6.54 Å². The number of aromatic nitrogens is 1. The number of fused-ring (bicyclic) bond motifs is 6. The molecule has 1 nitrogen and oxygen atoms in total. The molecular weight excluding hydrogens is 373 g/mol. The summed E-state index contributed by atoms with van der Waals surface area (Å²) in [5.41, 5.74) is 3.98. The molecule has 0 aliphatic carbocycles. The van der Waals surface area contributed by atoms with E-state index >= 15 is 0 Å². The van der Waals surface area contributed by atoms with Gasteiger partial charge < -0.3 is 4.57 Å². The Morgan fingerprint density at radius 1 is 0.679 bits per heavy atom. The highest BCUT2D eigenvalue weighted by Gasteiger charge is 2.14. The quantitative estimate of drug-likeness (QED) is 0.320. The third kappa shape index (κ3) is 2.31. The molecule has 28 heavy (non-hydrogen) atoms. The number of benzene rings is 4. The lowest BCUT2D eigenvalue weighted by molar-refractivity contribution is 0.877. The molecule has 0 saturated carbocycles. The van der Waals surface area contributed by atoms with Gasteiger partial charge in [0.15, 0.2) is 16.3 Å². The Hall–Kier alpha value is -2.57. The number of hydrogen-bond acceptors (Lipinski definition) is 1. The molecule has 0 N–H and O–H groups in total. The molecule has 0 atom stereocenters. The highest BCUT2D eigenvalue weighted by atomic mass is 32.1. The molecule has 4 aromatic carbocycles. The molecule has 3 heteroatoms. The summed E-state index contributed by atoms with van der Waals surface area (Å²) < 4.78 is 6.49. The van der Waals surface area contributed by atoms with Crippen LogP contribution in [0.2, 0.25) is 0 Å². The van der Waals surface area contributed by atoms with Gasteiger partial charge in [0.2, 0.25) is 0 Å². The predicted molar refractivity (Wildman–Crippen MR) is 123 cm³/mol. The Labute approximate surface area is 175 Å². The topological polar surface area (TPSA) is 4.93 Å².